The van der Waals surface area contributed by atoms with E-state index in [0.29, 0.717) is 6.54 Å². The van der Waals surface area contributed by atoms with Crippen molar-refractivity contribution in [2.45, 2.75) is 32.4 Å². The molecule has 3 nitrogen and oxygen atoms in total. The van der Waals surface area contributed by atoms with E-state index in [1.165, 1.54) is 0 Å². The van der Waals surface area contributed by atoms with E-state index in [4.69, 9.17) is 4.42 Å². The Morgan fingerprint density at radius 3 is 3.08 bits per heavy atom. The zero-order chi connectivity index (χ0) is 9.52. The molecule has 0 aliphatic carbocycles. The molecule has 1 aromatic rings. The largest absolute Gasteiger partial charge is 0.472 e. The van der Waals surface area contributed by atoms with Gasteiger partial charge in [-0.15, -0.1) is 0 Å². The van der Waals surface area contributed by atoms with Gasteiger partial charge >= 0.3 is 0 Å². The first-order valence-electron chi connectivity index (χ1n) is 4.72. The molecule has 1 rings (SSSR count). The number of aliphatic hydroxyl groups excluding tert-OH is 1. The summed E-state index contributed by atoms with van der Waals surface area (Å²) in [6.07, 6.45) is 5.02. The molecule has 13 heavy (non-hydrogen) atoms. The van der Waals surface area contributed by atoms with Gasteiger partial charge in [0, 0.05) is 18.7 Å². The van der Waals surface area contributed by atoms with Crippen molar-refractivity contribution < 1.29 is 9.52 Å². The van der Waals surface area contributed by atoms with Crippen LogP contribution in [0.5, 0.6) is 0 Å². The zero-order valence-electron chi connectivity index (χ0n) is 7.99. The number of furan rings is 1. The normalized spacial score (nSPS) is 13.1. The highest BCUT2D eigenvalue weighted by Gasteiger charge is 2.01. The molecule has 1 heterocycles. The van der Waals surface area contributed by atoms with Crippen LogP contribution in [-0.4, -0.2) is 17.8 Å². The highest BCUT2D eigenvalue weighted by molar-refractivity contribution is 5.04. The molecule has 74 valence electrons. The first-order chi connectivity index (χ1) is 6.33. The Morgan fingerprint density at radius 1 is 1.62 bits per heavy atom. The summed E-state index contributed by atoms with van der Waals surface area (Å²) in [7, 11) is 0. The van der Waals surface area contributed by atoms with Crippen LogP contribution in [0.3, 0.4) is 0 Å². The Labute approximate surface area is 78.8 Å². The van der Waals surface area contributed by atoms with Gasteiger partial charge in [-0.2, -0.15) is 0 Å². The Kier molecular flexibility index (Phi) is 4.57. The number of aliphatic hydroxyl groups is 1. The van der Waals surface area contributed by atoms with Gasteiger partial charge in [0.2, 0.25) is 0 Å². The maximum absolute atomic E-state index is 9.39. The van der Waals surface area contributed by atoms with Crippen LogP contribution in [0.4, 0.5) is 0 Å². The van der Waals surface area contributed by atoms with Crippen LogP contribution in [0.1, 0.15) is 25.3 Å². The second-order valence-corrected chi connectivity index (χ2v) is 3.20. The van der Waals surface area contributed by atoms with E-state index in [1.807, 2.05) is 6.07 Å². The van der Waals surface area contributed by atoms with E-state index in [2.05, 4.69) is 12.2 Å². The minimum absolute atomic E-state index is 0.225. The molecule has 1 unspecified atom stereocenters. The molecular weight excluding hydrogens is 166 g/mol. The summed E-state index contributed by atoms with van der Waals surface area (Å²) in [5.74, 6) is 0. The quantitative estimate of drug-likeness (QED) is 0.703. The van der Waals surface area contributed by atoms with Crippen molar-refractivity contribution in [3.05, 3.63) is 24.2 Å². The van der Waals surface area contributed by atoms with Crippen LogP contribution in [0.15, 0.2) is 23.0 Å². The number of rotatable bonds is 6. The molecule has 0 aliphatic rings. The molecule has 0 spiro atoms. The predicted octanol–water partition coefficient (Wildman–Crippen LogP) is 1.53. The van der Waals surface area contributed by atoms with Crippen molar-refractivity contribution in [3.63, 3.8) is 0 Å². The third kappa shape index (κ3) is 4.10. The molecule has 0 radical (unpaired) electrons. The van der Waals surface area contributed by atoms with Crippen molar-refractivity contribution in [1.29, 1.82) is 0 Å². The molecule has 0 aliphatic heterocycles. The van der Waals surface area contributed by atoms with E-state index >= 15 is 0 Å². The van der Waals surface area contributed by atoms with Gasteiger partial charge in [-0.3, -0.25) is 0 Å². The summed E-state index contributed by atoms with van der Waals surface area (Å²) in [5, 5.41) is 12.6. The lowest BCUT2D eigenvalue weighted by molar-refractivity contribution is 0.160. The first kappa shape index (κ1) is 10.3. The fourth-order valence-electron chi connectivity index (χ4n) is 1.21. The maximum Gasteiger partial charge on any atom is 0.0947 e. The van der Waals surface area contributed by atoms with Gasteiger partial charge in [0.25, 0.3) is 0 Å². The third-order valence-electron chi connectivity index (χ3n) is 1.91. The van der Waals surface area contributed by atoms with E-state index in [9.17, 15) is 5.11 Å². The summed E-state index contributed by atoms with van der Waals surface area (Å²) in [4.78, 5) is 0. The summed E-state index contributed by atoms with van der Waals surface area (Å²) >= 11 is 0. The van der Waals surface area contributed by atoms with Crippen LogP contribution in [0, 0.1) is 0 Å². The molecule has 1 aromatic heterocycles. The molecule has 2 N–H and O–H groups in total. The second kappa shape index (κ2) is 5.78. The lowest BCUT2D eigenvalue weighted by atomic mass is 10.2. The van der Waals surface area contributed by atoms with Gasteiger partial charge in [-0.25, -0.2) is 0 Å². The number of hydrogen-bond acceptors (Lipinski definition) is 3. The molecular formula is C10H17NO2. The highest BCUT2D eigenvalue weighted by atomic mass is 16.3. The summed E-state index contributed by atoms with van der Waals surface area (Å²) in [5.41, 5.74) is 1.11. The molecule has 0 amide bonds. The highest BCUT2D eigenvalue weighted by Crippen LogP contribution is 1.99. The summed E-state index contributed by atoms with van der Waals surface area (Å²) in [6, 6.07) is 1.92. The van der Waals surface area contributed by atoms with Gasteiger partial charge < -0.3 is 14.8 Å². The smallest absolute Gasteiger partial charge is 0.0947 e. The number of nitrogens with one attached hydrogen (secondary N) is 1. The van der Waals surface area contributed by atoms with Crippen LogP contribution >= 0.6 is 0 Å². The molecule has 0 aromatic carbocycles. The molecule has 3 heteroatoms. The van der Waals surface area contributed by atoms with Crippen molar-refractivity contribution in [2.24, 2.45) is 0 Å². The average Bonchev–Trinajstić information content (AvgIpc) is 2.57. The Balaban J connectivity index is 2.07. The van der Waals surface area contributed by atoms with Crippen LogP contribution < -0.4 is 5.32 Å². The Bertz CT molecular complexity index is 209. The lowest BCUT2D eigenvalue weighted by Gasteiger charge is -2.09. The van der Waals surface area contributed by atoms with Crippen LogP contribution in [0.2, 0.25) is 0 Å². The fraction of sp³-hybridized carbons (Fsp3) is 0.600. The minimum Gasteiger partial charge on any atom is -0.472 e. The molecule has 0 saturated heterocycles. The van der Waals surface area contributed by atoms with Gasteiger partial charge in [0.05, 0.1) is 18.6 Å². The van der Waals surface area contributed by atoms with Crippen molar-refractivity contribution in [2.75, 3.05) is 6.54 Å². The van der Waals surface area contributed by atoms with Gasteiger partial charge in [-0.05, 0) is 12.5 Å². The van der Waals surface area contributed by atoms with Gasteiger partial charge in [0.1, 0.15) is 0 Å². The van der Waals surface area contributed by atoms with E-state index in [0.717, 1.165) is 24.9 Å². The predicted molar refractivity (Wildman–Crippen MR) is 51.3 cm³/mol. The minimum atomic E-state index is -0.225. The van der Waals surface area contributed by atoms with Crippen molar-refractivity contribution in [1.82, 2.24) is 5.32 Å². The van der Waals surface area contributed by atoms with Gasteiger partial charge in [0.15, 0.2) is 0 Å². The second-order valence-electron chi connectivity index (χ2n) is 3.20. The standard InChI is InChI=1S/C10H17NO2/c1-2-3-10(12)7-11-6-9-4-5-13-8-9/h4-5,8,10-12H,2-3,6-7H2,1H3. The molecule has 1 atom stereocenters. The lowest BCUT2D eigenvalue weighted by Crippen LogP contribution is -2.25. The Morgan fingerprint density at radius 2 is 2.46 bits per heavy atom. The summed E-state index contributed by atoms with van der Waals surface area (Å²) < 4.78 is 4.92. The first-order valence-corrected chi connectivity index (χ1v) is 4.72. The average molecular weight is 183 g/mol. The molecule has 0 bridgehead atoms. The number of hydrogen-bond donors (Lipinski definition) is 2. The van der Waals surface area contributed by atoms with Gasteiger partial charge in [-0.1, -0.05) is 13.3 Å². The van der Waals surface area contributed by atoms with E-state index in [1.54, 1.807) is 12.5 Å². The summed E-state index contributed by atoms with van der Waals surface area (Å²) in [6.45, 7) is 3.48. The fourth-order valence-corrected chi connectivity index (χ4v) is 1.21. The van der Waals surface area contributed by atoms with Crippen molar-refractivity contribution >= 4 is 0 Å². The zero-order valence-corrected chi connectivity index (χ0v) is 7.99. The SMILES string of the molecule is CCCC(O)CNCc1ccoc1. The third-order valence-corrected chi connectivity index (χ3v) is 1.91. The van der Waals surface area contributed by atoms with E-state index in [-0.39, 0.29) is 6.10 Å². The molecule has 0 saturated carbocycles. The Hall–Kier alpha value is -0.800. The van der Waals surface area contributed by atoms with Crippen LogP contribution in [0.25, 0.3) is 0 Å². The maximum atomic E-state index is 9.39. The monoisotopic (exact) mass is 183 g/mol. The topological polar surface area (TPSA) is 45.4 Å². The van der Waals surface area contributed by atoms with E-state index < -0.39 is 0 Å². The molecule has 0 fully saturated rings. The van der Waals surface area contributed by atoms with Crippen molar-refractivity contribution in [3.8, 4) is 0 Å². The van der Waals surface area contributed by atoms with Crippen LogP contribution in [-0.2, 0) is 6.54 Å².